The maximum Gasteiger partial charge on any atom is 3.00 e. The Kier molecular flexibility index (Phi) is 188. The molecule has 0 atom stereocenters. The van der Waals surface area contributed by atoms with Gasteiger partial charge in [-0.25, -0.2) is 0 Å². The van der Waals surface area contributed by atoms with Gasteiger partial charge < -0.3 is 98.4 Å². The minimum atomic E-state index is -3.63. The van der Waals surface area contributed by atoms with Gasteiger partial charge in [-0.2, -0.15) is 0 Å². The van der Waals surface area contributed by atoms with E-state index in [-0.39, 0.29) is 144 Å². The summed E-state index contributed by atoms with van der Waals surface area (Å²) in [6, 6.07) is 0. The van der Waals surface area contributed by atoms with Crippen molar-refractivity contribution in [2.45, 2.75) is 0 Å². The third kappa shape index (κ3) is 9770. The van der Waals surface area contributed by atoms with Gasteiger partial charge in [-0.3, -0.25) is 0 Å². The minimum Gasteiger partial charge on any atom is -0.672 e. The first-order valence-corrected chi connectivity index (χ1v) is 12.9. The molecule has 34 heteroatoms. The van der Waals surface area contributed by atoms with Crippen LogP contribution in [0, 0.1) is 0 Å². The molecule has 0 aromatic carbocycles. The molecular formula is Al2Ca2Mn2O21Si7. The van der Waals surface area contributed by atoms with Crippen LogP contribution in [0.15, 0.2) is 0 Å². The van der Waals surface area contributed by atoms with E-state index >= 15 is 0 Å². The van der Waals surface area contributed by atoms with Crippen LogP contribution >= 0.6 is 0 Å². The van der Waals surface area contributed by atoms with Crippen LogP contribution in [0.2, 0.25) is 0 Å². The summed E-state index contributed by atoms with van der Waals surface area (Å²) >= 11 is 0. The molecule has 0 aliphatic heterocycles. The molecule has 0 aliphatic carbocycles. The summed E-state index contributed by atoms with van der Waals surface area (Å²) in [4.78, 5) is 119. The van der Waals surface area contributed by atoms with Crippen LogP contribution in [0.3, 0.4) is 0 Å². The summed E-state index contributed by atoms with van der Waals surface area (Å²) in [5, 5.41) is 0. The van der Waals surface area contributed by atoms with Crippen molar-refractivity contribution in [3.8, 4) is 0 Å². The maximum absolute atomic E-state index is 8.52. The molecular weight excluding hydrogens is 777 g/mol. The molecule has 0 saturated heterocycles. The van der Waals surface area contributed by atoms with Gasteiger partial charge in [0.1, 0.15) is 0 Å². The predicted molar refractivity (Wildman–Crippen MR) is 68.1 cm³/mol. The average molecular weight is 777 g/mol. The Morgan fingerprint density at radius 2 is 0.265 bits per heavy atom. The number of hydrogen-bond acceptors (Lipinski definition) is 21. The van der Waals surface area contributed by atoms with Gasteiger partial charge in [0.25, 0.3) is 0 Å². The molecule has 0 aliphatic rings. The first-order chi connectivity index (χ1) is 12.1. The Morgan fingerprint density at radius 1 is 0.265 bits per heavy atom. The van der Waals surface area contributed by atoms with Crippen LogP contribution in [0.4, 0.5) is 0 Å². The SMILES string of the molecule is O=[Si]([O-])[O-].O=[Si]([O-])[O-].O=[Si]([O-])[O-].O=[Si]([O-])[O-].O=[Si]([O-])[O-].O=[Si]([O-])[O-].O=[Si]([O-])[O-].[Al+3].[Al+3].[Ca+2].[Ca+2].[Mn+2].[Mn+2]. The van der Waals surface area contributed by atoms with E-state index in [2.05, 4.69) is 0 Å². The van der Waals surface area contributed by atoms with Gasteiger partial charge in [-0.15, -0.1) is 0 Å². The average Bonchev–Trinajstić information content (AvgIpc) is 2.20. The van der Waals surface area contributed by atoms with E-state index in [1.807, 2.05) is 0 Å². The Hall–Kier alpha value is 1.94. The quantitative estimate of drug-likeness (QED) is 0.206. The van der Waals surface area contributed by atoms with Gasteiger partial charge in [0, 0.05) is 64.2 Å². The van der Waals surface area contributed by atoms with E-state index in [1.54, 1.807) is 0 Å². The van der Waals surface area contributed by atoms with Gasteiger partial charge in [0.15, 0.2) is 0 Å². The largest absolute Gasteiger partial charge is 3.00 e. The van der Waals surface area contributed by atoms with Gasteiger partial charge in [0.2, 0.25) is 0 Å². The molecule has 2 radical (unpaired) electrons. The fourth-order valence-electron chi connectivity index (χ4n) is 0. The van der Waals surface area contributed by atoms with Crippen molar-refractivity contribution in [3.63, 3.8) is 0 Å². The molecule has 0 unspecified atom stereocenters. The predicted octanol–water partition coefficient (Wildman–Crippen LogP) is -21.7. The zero-order valence-corrected chi connectivity index (χ0v) is 31.5. The molecule has 0 N–H and O–H groups in total. The molecule has 0 heterocycles. The van der Waals surface area contributed by atoms with E-state index < -0.39 is 64.2 Å². The van der Waals surface area contributed by atoms with E-state index in [0.29, 0.717) is 0 Å². The number of rotatable bonds is 0. The third-order valence-corrected chi connectivity index (χ3v) is 0. The second-order valence-corrected chi connectivity index (χ2v) is 5.25. The zero-order chi connectivity index (χ0) is 25.0. The van der Waals surface area contributed by atoms with Crippen LogP contribution in [0.25, 0.3) is 0 Å². The van der Waals surface area contributed by atoms with Crippen LogP contribution in [0.1, 0.15) is 0 Å². The molecule has 178 valence electrons. The van der Waals surface area contributed by atoms with Crippen LogP contribution in [0.5, 0.6) is 0 Å². The van der Waals surface area contributed by atoms with Crippen LogP contribution in [-0.4, -0.2) is 174 Å². The molecule has 0 spiro atoms. The first-order valence-electron chi connectivity index (χ1n) is 4.29. The normalized spacial score (nSPS) is 4.94. The summed E-state index contributed by atoms with van der Waals surface area (Å²) in [6.45, 7) is 0. The van der Waals surface area contributed by atoms with Crippen molar-refractivity contribution < 1.29 is 133 Å². The standard InChI is InChI=1S/2Al.2Ca.2Mn.7O3Si/c;;;;;;7*1-4(2)3/q2*+3;4*+2;7*-2. The molecule has 21 nitrogen and oxygen atoms in total. The third-order valence-electron chi connectivity index (χ3n) is 0. The van der Waals surface area contributed by atoms with Crippen LogP contribution < -0.4 is 67.1 Å². The van der Waals surface area contributed by atoms with Gasteiger partial charge in [-0.05, 0) is 0 Å². The Bertz CT molecular complexity index is 334. The molecule has 0 rings (SSSR count). The Morgan fingerprint density at radius 3 is 0.265 bits per heavy atom. The zero-order valence-electron chi connectivity index (χ0n) is 15.4. The molecule has 0 fully saturated rings. The monoisotopic (exact) mass is 775 g/mol. The summed E-state index contributed by atoms with van der Waals surface area (Å²) in [5.41, 5.74) is 0. The fraction of sp³-hybridized carbons (Fsp3) is 0. The molecule has 0 amide bonds. The second-order valence-electron chi connectivity index (χ2n) is 1.75. The smallest absolute Gasteiger partial charge is 0.672 e. The van der Waals surface area contributed by atoms with E-state index in [9.17, 15) is 0 Å². The molecule has 0 aromatic rings. The van der Waals surface area contributed by atoms with Crippen molar-refractivity contribution in [3.05, 3.63) is 0 Å². The van der Waals surface area contributed by atoms with Crippen LogP contribution in [-0.2, 0) is 65.4 Å². The summed E-state index contributed by atoms with van der Waals surface area (Å²) in [7, 11) is -25.4. The fourth-order valence-corrected chi connectivity index (χ4v) is 0. The molecule has 34 heavy (non-hydrogen) atoms. The first kappa shape index (κ1) is 83.4. The van der Waals surface area contributed by atoms with Gasteiger partial charge in [0.05, 0.1) is 0 Å². The van der Waals surface area contributed by atoms with Crippen molar-refractivity contribution in [1.29, 1.82) is 0 Å². The van der Waals surface area contributed by atoms with Crippen molar-refractivity contribution in [2.75, 3.05) is 0 Å². The van der Waals surface area contributed by atoms with Crippen molar-refractivity contribution in [1.82, 2.24) is 0 Å². The van der Waals surface area contributed by atoms with Gasteiger partial charge in [-0.1, -0.05) is 0 Å². The molecule has 0 bridgehead atoms. The topological polar surface area (TPSA) is 442 Å². The van der Waals surface area contributed by atoms with Crippen molar-refractivity contribution in [2.24, 2.45) is 0 Å². The van der Waals surface area contributed by atoms with E-state index in [4.69, 9.17) is 98.4 Å². The molecule has 0 saturated carbocycles. The van der Waals surface area contributed by atoms with E-state index in [1.165, 1.54) is 0 Å². The number of hydrogen-bond donors (Lipinski definition) is 0. The Labute approximate surface area is 302 Å². The maximum atomic E-state index is 8.52. The molecule has 0 aromatic heterocycles. The second kappa shape index (κ2) is 76.5. The Balaban J connectivity index is -0.0000000134. The van der Waals surface area contributed by atoms with Gasteiger partial charge >= 0.3 is 144 Å². The van der Waals surface area contributed by atoms with Crippen molar-refractivity contribution >= 4 is 174 Å². The summed E-state index contributed by atoms with van der Waals surface area (Å²) < 4.78 is 59.6. The van der Waals surface area contributed by atoms with E-state index in [0.717, 1.165) is 0 Å². The summed E-state index contributed by atoms with van der Waals surface area (Å²) in [6.07, 6.45) is 0. The summed E-state index contributed by atoms with van der Waals surface area (Å²) in [5.74, 6) is 0. The minimum absolute atomic E-state index is 0.